The number of carbonyl (C=O) groups is 2. The number of sulfonamides is 1. The lowest BCUT2D eigenvalue weighted by molar-refractivity contribution is -0.123. The lowest BCUT2D eigenvalue weighted by atomic mass is 9.79. The number of likely N-dealkylation sites (N-methyl/N-ethyl adjacent to an activating group) is 1. The van der Waals surface area contributed by atoms with Crippen LogP contribution < -0.4 is 21.7 Å². The van der Waals surface area contributed by atoms with E-state index < -0.39 is 33.1 Å². The van der Waals surface area contributed by atoms with Crippen molar-refractivity contribution in [3.05, 3.63) is 28.7 Å². The van der Waals surface area contributed by atoms with Gasteiger partial charge in [0.15, 0.2) is 0 Å². The molecule has 2 fully saturated rings. The maximum atomic E-state index is 13.1. The van der Waals surface area contributed by atoms with Crippen molar-refractivity contribution in [3.8, 4) is 0 Å². The van der Waals surface area contributed by atoms with Crippen LogP contribution >= 0.6 is 0 Å². The molecule has 11 heteroatoms. The summed E-state index contributed by atoms with van der Waals surface area (Å²) in [6.07, 6.45) is 2.55. The van der Waals surface area contributed by atoms with Gasteiger partial charge in [-0.3, -0.25) is 19.8 Å². The molecule has 0 spiro atoms. The number of hydrazine groups is 1. The first kappa shape index (κ1) is 20.5. The van der Waals surface area contributed by atoms with E-state index >= 15 is 0 Å². The molecule has 3 N–H and O–H groups in total. The Bertz CT molecular complexity index is 944. The summed E-state index contributed by atoms with van der Waals surface area (Å²) >= 11 is 0. The van der Waals surface area contributed by atoms with Crippen LogP contribution in [0, 0.1) is 11.8 Å². The van der Waals surface area contributed by atoms with Crippen LogP contribution in [0.3, 0.4) is 0 Å². The number of carbonyl (C=O) groups excluding carboxylic acids is 2. The highest BCUT2D eigenvalue weighted by atomic mass is 32.2. The average molecular weight is 411 g/mol. The molecule has 2 amide bonds. The van der Waals surface area contributed by atoms with Gasteiger partial charge in [-0.05, 0) is 24.8 Å². The van der Waals surface area contributed by atoms with E-state index in [9.17, 15) is 22.8 Å². The highest BCUT2D eigenvalue weighted by Gasteiger charge is 2.50. The van der Waals surface area contributed by atoms with Gasteiger partial charge in [-0.2, -0.15) is 4.31 Å². The second-order valence-corrected chi connectivity index (χ2v) is 9.85. The van der Waals surface area contributed by atoms with Gasteiger partial charge in [0.1, 0.15) is 0 Å². The lowest BCUT2D eigenvalue weighted by Gasteiger charge is -2.36. The summed E-state index contributed by atoms with van der Waals surface area (Å²) in [5.74, 6) is -1.06. The third kappa shape index (κ3) is 3.96. The van der Waals surface area contributed by atoms with E-state index in [1.54, 1.807) is 13.1 Å². The Morgan fingerprint density at radius 2 is 2.07 bits per heavy atom. The molecule has 4 unspecified atom stereocenters. The van der Waals surface area contributed by atoms with Gasteiger partial charge in [0.25, 0.3) is 5.56 Å². The van der Waals surface area contributed by atoms with E-state index in [-0.39, 0.29) is 23.9 Å². The van der Waals surface area contributed by atoms with E-state index in [0.717, 1.165) is 4.31 Å². The third-order valence-electron chi connectivity index (χ3n) is 5.40. The van der Waals surface area contributed by atoms with Crippen LogP contribution in [-0.2, 0) is 26.7 Å². The first-order chi connectivity index (χ1) is 13.1. The Labute approximate surface area is 163 Å². The minimum Gasteiger partial charge on any atom is -0.325 e. The largest absolute Gasteiger partial charge is 0.325 e. The molecule has 2 aliphatic rings. The summed E-state index contributed by atoms with van der Waals surface area (Å²) in [6, 6.07) is 2.30. The first-order valence-electron chi connectivity index (χ1n) is 9.06. The molecule has 28 heavy (non-hydrogen) atoms. The zero-order valence-electron chi connectivity index (χ0n) is 16.0. The molecule has 0 bridgehead atoms. The van der Waals surface area contributed by atoms with Crippen molar-refractivity contribution >= 4 is 27.5 Å². The molecule has 2 heterocycles. The Balaban J connectivity index is 1.70. The Morgan fingerprint density at radius 1 is 1.36 bits per heavy atom. The second-order valence-electron chi connectivity index (χ2n) is 7.59. The Morgan fingerprint density at radius 3 is 2.75 bits per heavy atom. The van der Waals surface area contributed by atoms with Crippen molar-refractivity contribution in [2.24, 2.45) is 18.9 Å². The molecule has 1 aliphatic carbocycles. The Kier molecular flexibility index (Phi) is 5.60. The fraction of sp³-hybridized carbons (Fsp3) is 0.588. The number of nitrogens with one attached hydrogen (secondary N) is 3. The van der Waals surface area contributed by atoms with Gasteiger partial charge in [-0.1, -0.05) is 6.92 Å². The van der Waals surface area contributed by atoms with E-state index in [1.807, 2.05) is 6.92 Å². The summed E-state index contributed by atoms with van der Waals surface area (Å²) in [6.45, 7) is 1.54. The molecule has 4 atom stereocenters. The van der Waals surface area contributed by atoms with Gasteiger partial charge in [0.2, 0.25) is 21.8 Å². The van der Waals surface area contributed by atoms with Crippen molar-refractivity contribution in [1.82, 2.24) is 19.7 Å². The van der Waals surface area contributed by atoms with Gasteiger partial charge in [0.05, 0.1) is 23.8 Å². The summed E-state index contributed by atoms with van der Waals surface area (Å²) < 4.78 is 28.5. The lowest BCUT2D eigenvalue weighted by Crippen LogP contribution is -2.54. The van der Waals surface area contributed by atoms with Crippen molar-refractivity contribution in [2.75, 3.05) is 18.9 Å². The van der Waals surface area contributed by atoms with Gasteiger partial charge >= 0.3 is 0 Å². The zero-order valence-corrected chi connectivity index (χ0v) is 16.8. The molecule has 1 aromatic heterocycles. The fourth-order valence-electron chi connectivity index (χ4n) is 3.85. The summed E-state index contributed by atoms with van der Waals surface area (Å²) in [4.78, 5) is 35.9. The zero-order chi connectivity index (χ0) is 20.6. The SMILES string of the molecule is CC1CC2C(=O)NNC2C(S(=O)(=O)N(C)CC(=O)Nc2ccn(C)c(=O)c2)C1. The monoisotopic (exact) mass is 411 g/mol. The number of hydrogen-bond donors (Lipinski definition) is 3. The number of rotatable bonds is 5. The van der Waals surface area contributed by atoms with Crippen LogP contribution in [0.25, 0.3) is 0 Å². The number of fused-ring (bicyclic) bond motifs is 1. The van der Waals surface area contributed by atoms with Gasteiger partial charge in [-0.25, -0.2) is 13.8 Å². The maximum absolute atomic E-state index is 13.1. The van der Waals surface area contributed by atoms with E-state index in [1.165, 1.54) is 23.9 Å². The highest BCUT2D eigenvalue weighted by Crippen LogP contribution is 2.35. The summed E-state index contributed by atoms with van der Waals surface area (Å²) in [5, 5.41) is 1.73. The number of amides is 2. The standard InChI is InChI=1S/C17H25N5O5S/c1-10-6-12-16(19-20-17(12)25)13(7-10)28(26,27)22(3)9-14(23)18-11-4-5-21(2)15(24)8-11/h4-5,8,10,12-13,16,19H,6-7,9H2,1-3H3,(H,18,23)(H,20,25). The molecular weight excluding hydrogens is 386 g/mol. The van der Waals surface area contributed by atoms with Crippen LogP contribution in [0.15, 0.2) is 23.1 Å². The van der Waals surface area contributed by atoms with Crippen molar-refractivity contribution in [2.45, 2.75) is 31.1 Å². The predicted molar refractivity (Wildman–Crippen MR) is 103 cm³/mol. The third-order valence-corrected chi connectivity index (χ3v) is 7.64. The van der Waals surface area contributed by atoms with Crippen molar-refractivity contribution in [3.63, 3.8) is 0 Å². The van der Waals surface area contributed by atoms with Crippen molar-refractivity contribution < 1.29 is 18.0 Å². The van der Waals surface area contributed by atoms with Gasteiger partial charge < -0.3 is 9.88 Å². The number of nitrogens with zero attached hydrogens (tertiary/aromatic N) is 2. The molecule has 1 aromatic rings. The molecule has 1 aliphatic heterocycles. The minimum absolute atomic E-state index is 0.0782. The summed E-state index contributed by atoms with van der Waals surface area (Å²) in [7, 11) is -0.892. The van der Waals surface area contributed by atoms with Crippen LogP contribution in [0.5, 0.6) is 0 Å². The van der Waals surface area contributed by atoms with Crippen molar-refractivity contribution in [1.29, 1.82) is 0 Å². The fourth-order valence-corrected chi connectivity index (χ4v) is 5.81. The molecule has 1 saturated carbocycles. The number of aryl methyl sites for hydroxylation is 1. The van der Waals surface area contributed by atoms with E-state index in [2.05, 4.69) is 16.2 Å². The van der Waals surface area contributed by atoms with Crippen LogP contribution in [0.2, 0.25) is 0 Å². The molecule has 154 valence electrons. The molecule has 1 saturated heterocycles. The van der Waals surface area contributed by atoms with Gasteiger partial charge in [-0.15, -0.1) is 0 Å². The number of aromatic nitrogens is 1. The normalized spacial score (nSPS) is 27.4. The van der Waals surface area contributed by atoms with E-state index in [4.69, 9.17) is 0 Å². The van der Waals surface area contributed by atoms with E-state index in [0.29, 0.717) is 18.5 Å². The molecule has 0 radical (unpaired) electrons. The topological polar surface area (TPSA) is 130 Å². The van der Waals surface area contributed by atoms with Crippen LogP contribution in [0.4, 0.5) is 5.69 Å². The molecule has 0 aromatic carbocycles. The smallest absolute Gasteiger partial charge is 0.252 e. The minimum atomic E-state index is -3.82. The first-order valence-corrected chi connectivity index (χ1v) is 10.6. The number of hydrogen-bond acceptors (Lipinski definition) is 6. The van der Waals surface area contributed by atoms with Crippen LogP contribution in [-0.4, -0.2) is 54.0 Å². The average Bonchev–Trinajstić information content (AvgIpc) is 2.98. The highest BCUT2D eigenvalue weighted by molar-refractivity contribution is 7.89. The van der Waals surface area contributed by atoms with Crippen LogP contribution in [0.1, 0.15) is 19.8 Å². The quantitative estimate of drug-likeness (QED) is 0.570. The van der Waals surface area contributed by atoms with Gasteiger partial charge in [0, 0.05) is 32.0 Å². The molecule has 3 rings (SSSR count). The molecule has 10 nitrogen and oxygen atoms in total. The predicted octanol–water partition coefficient (Wildman–Crippen LogP) is -0.997. The summed E-state index contributed by atoms with van der Waals surface area (Å²) in [5.41, 5.74) is 5.34. The number of pyridine rings is 1. The molecular formula is C17H25N5O5S. The Hall–Kier alpha value is -2.24. The maximum Gasteiger partial charge on any atom is 0.252 e. The second kappa shape index (κ2) is 7.64. The number of anilines is 1.